The van der Waals surface area contributed by atoms with E-state index in [2.05, 4.69) is 0 Å². The van der Waals surface area contributed by atoms with E-state index in [0.29, 0.717) is 6.54 Å². The zero-order valence-corrected chi connectivity index (χ0v) is 8.14. The van der Waals surface area contributed by atoms with Crippen LogP contribution in [0.15, 0.2) is 30.3 Å². The molecule has 0 aromatic heterocycles. The quantitative estimate of drug-likeness (QED) is 0.672. The average molecular weight is 191 g/mol. The monoisotopic (exact) mass is 191 g/mol. The number of amides is 1. The second-order valence-corrected chi connectivity index (χ2v) is 3.46. The molecule has 1 aromatic rings. The number of hydrogen-bond acceptors (Lipinski definition) is 2. The summed E-state index contributed by atoms with van der Waals surface area (Å²) in [5.41, 5.74) is 0.952. The predicted molar refractivity (Wildman–Crippen MR) is 54.2 cm³/mol. The summed E-state index contributed by atoms with van der Waals surface area (Å²) in [5.74, 6) is 0.0364. The third kappa shape index (κ3) is 1.77. The minimum absolute atomic E-state index is 0.0364. The first kappa shape index (κ1) is 9.21. The van der Waals surface area contributed by atoms with Crippen molar-refractivity contribution in [3.8, 4) is 0 Å². The van der Waals surface area contributed by atoms with Gasteiger partial charge in [0.15, 0.2) is 0 Å². The SMILES string of the molecule is C[C@H]1CN(c2ccccc2)C(=O)CO1. The number of ether oxygens (including phenoxy) is 1. The van der Waals surface area contributed by atoms with E-state index in [9.17, 15) is 4.79 Å². The molecule has 1 amide bonds. The normalized spacial score (nSPS) is 22.5. The van der Waals surface area contributed by atoms with Crippen LogP contribution in [0.2, 0.25) is 0 Å². The number of para-hydroxylation sites is 1. The Morgan fingerprint density at radius 1 is 1.36 bits per heavy atom. The Bertz CT molecular complexity index is 323. The lowest BCUT2D eigenvalue weighted by atomic mass is 10.2. The molecule has 1 aliphatic rings. The standard InChI is InChI=1S/C11H13NO2/c1-9-7-12(11(13)8-14-9)10-5-3-2-4-6-10/h2-6,9H,7-8H2,1H3/t9-/m0/s1. The van der Waals surface area contributed by atoms with Crippen molar-refractivity contribution in [2.24, 2.45) is 0 Å². The Morgan fingerprint density at radius 2 is 2.07 bits per heavy atom. The van der Waals surface area contributed by atoms with Gasteiger partial charge in [0.25, 0.3) is 5.91 Å². The Hall–Kier alpha value is -1.35. The van der Waals surface area contributed by atoms with E-state index >= 15 is 0 Å². The minimum Gasteiger partial charge on any atom is -0.367 e. The maximum absolute atomic E-state index is 11.5. The second-order valence-electron chi connectivity index (χ2n) is 3.46. The molecule has 14 heavy (non-hydrogen) atoms. The molecule has 0 spiro atoms. The van der Waals surface area contributed by atoms with Crippen LogP contribution in [0.4, 0.5) is 5.69 Å². The molecular weight excluding hydrogens is 178 g/mol. The molecule has 1 heterocycles. The molecule has 1 aromatic carbocycles. The topological polar surface area (TPSA) is 29.5 Å². The molecule has 0 radical (unpaired) electrons. The van der Waals surface area contributed by atoms with E-state index in [4.69, 9.17) is 4.74 Å². The maximum atomic E-state index is 11.5. The first-order valence-electron chi connectivity index (χ1n) is 4.74. The highest BCUT2D eigenvalue weighted by atomic mass is 16.5. The van der Waals surface area contributed by atoms with Gasteiger partial charge in [0, 0.05) is 5.69 Å². The van der Waals surface area contributed by atoms with Crippen molar-refractivity contribution in [2.75, 3.05) is 18.1 Å². The lowest BCUT2D eigenvalue weighted by Gasteiger charge is -2.30. The summed E-state index contributed by atoms with van der Waals surface area (Å²) < 4.78 is 5.25. The average Bonchev–Trinajstić information content (AvgIpc) is 2.23. The summed E-state index contributed by atoms with van der Waals surface area (Å²) in [4.78, 5) is 13.3. The summed E-state index contributed by atoms with van der Waals surface area (Å²) in [5, 5.41) is 0. The molecule has 0 saturated carbocycles. The Labute approximate surface area is 83.3 Å². The summed E-state index contributed by atoms with van der Waals surface area (Å²) >= 11 is 0. The highest BCUT2D eigenvalue weighted by Gasteiger charge is 2.24. The Kier molecular flexibility index (Phi) is 2.50. The van der Waals surface area contributed by atoms with E-state index < -0.39 is 0 Å². The molecule has 0 bridgehead atoms. The largest absolute Gasteiger partial charge is 0.367 e. The van der Waals surface area contributed by atoms with Gasteiger partial charge >= 0.3 is 0 Å². The van der Waals surface area contributed by atoms with E-state index in [0.717, 1.165) is 5.69 Å². The lowest BCUT2D eigenvalue weighted by molar-refractivity contribution is -0.128. The number of hydrogen-bond donors (Lipinski definition) is 0. The first-order chi connectivity index (χ1) is 6.77. The number of rotatable bonds is 1. The van der Waals surface area contributed by atoms with Gasteiger partial charge < -0.3 is 9.64 Å². The van der Waals surface area contributed by atoms with Crippen molar-refractivity contribution >= 4 is 11.6 Å². The van der Waals surface area contributed by atoms with Gasteiger partial charge in [-0.05, 0) is 19.1 Å². The lowest BCUT2D eigenvalue weighted by Crippen LogP contribution is -2.45. The van der Waals surface area contributed by atoms with Gasteiger partial charge in [-0.1, -0.05) is 18.2 Å². The molecule has 1 atom stereocenters. The summed E-state index contributed by atoms with van der Waals surface area (Å²) in [7, 11) is 0. The third-order valence-corrected chi connectivity index (χ3v) is 2.30. The number of carbonyl (C=O) groups excluding carboxylic acids is 1. The van der Waals surface area contributed by atoms with E-state index in [-0.39, 0.29) is 18.6 Å². The van der Waals surface area contributed by atoms with Crippen LogP contribution in [0.1, 0.15) is 6.92 Å². The van der Waals surface area contributed by atoms with Gasteiger partial charge in [-0.3, -0.25) is 4.79 Å². The fourth-order valence-corrected chi connectivity index (χ4v) is 1.56. The van der Waals surface area contributed by atoms with Crippen LogP contribution in [-0.4, -0.2) is 25.2 Å². The van der Waals surface area contributed by atoms with Crippen molar-refractivity contribution < 1.29 is 9.53 Å². The number of nitrogens with zero attached hydrogens (tertiary/aromatic N) is 1. The van der Waals surface area contributed by atoms with Crippen LogP contribution in [-0.2, 0) is 9.53 Å². The van der Waals surface area contributed by atoms with Crippen LogP contribution in [0.25, 0.3) is 0 Å². The van der Waals surface area contributed by atoms with Crippen molar-refractivity contribution in [1.82, 2.24) is 0 Å². The molecule has 3 nitrogen and oxygen atoms in total. The minimum atomic E-state index is 0.0364. The van der Waals surface area contributed by atoms with Gasteiger partial charge in [0.2, 0.25) is 0 Å². The van der Waals surface area contributed by atoms with Crippen molar-refractivity contribution in [1.29, 1.82) is 0 Å². The smallest absolute Gasteiger partial charge is 0.253 e. The molecule has 1 saturated heterocycles. The molecule has 3 heteroatoms. The third-order valence-electron chi connectivity index (χ3n) is 2.30. The van der Waals surface area contributed by atoms with E-state index in [1.165, 1.54) is 0 Å². The molecule has 0 unspecified atom stereocenters. The molecular formula is C11H13NO2. The highest BCUT2D eigenvalue weighted by molar-refractivity contribution is 5.94. The van der Waals surface area contributed by atoms with Crippen LogP contribution in [0.5, 0.6) is 0 Å². The summed E-state index contributed by atoms with van der Waals surface area (Å²) in [6, 6.07) is 9.69. The molecule has 1 fully saturated rings. The summed E-state index contributed by atoms with van der Waals surface area (Å²) in [6.07, 6.45) is 0.118. The van der Waals surface area contributed by atoms with E-state index in [1.54, 1.807) is 4.90 Å². The van der Waals surface area contributed by atoms with Crippen molar-refractivity contribution in [2.45, 2.75) is 13.0 Å². The first-order valence-corrected chi connectivity index (χ1v) is 4.74. The maximum Gasteiger partial charge on any atom is 0.253 e. The van der Waals surface area contributed by atoms with Gasteiger partial charge in [-0.15, -0.1) is 0 Å². The number of anilines is 1. The fraction of sp³-hybridized carbons (Fsp3) is 0.364. The van der Waals surface area contributed by atoms with Crippen LogP contribution in [0, 0.1) is 0 Å². The molecule has 0 aliphatic carbocycles. The van der Waals surface area contributed by atoms with Crippen molar-refractivity contribution in [3.63, 3.8) is 0 Å². The van der Waals surface area contributed by atoms with Crippen LogP contribution < -0.4 is 4.90 Å². The highest BCUT2D eigenvalue weighted by Crippen LogP contribution is 2.17. The van der Waals surface area contributed by atoms with Gasteiger partial charge in [-0.2, -0.15) is 0 Å². The Balaban J connectivity index is 2.20. The zero-order chi connectivity index (χ0) is 9.97. The molecule has 2 rings (SSSR count). The van der Waals surface area contributed by atoms with E-state index in [1.807, 2.05) is 37.3 Å². The number of benzene rings is 1. The fourth-order valence-electron chi connectivity index (χ4n) is 1.56. The second kappa shape index (κ2) is 3.80. The number of carbonyl (C=O) groups is 1. The molecule has 1 aliphatic heterocycles. The Morgan fingerprint density at radius 3 is 2.79 bits per heavy atom. The van der Waals surface area contributed by atoms with Crippen molar-refractivity contribution in [3.05, 3.63) is 30.3 Å². The van der Waals surface area contributed by atoms with Crippen LogP contribution >= 0.6 is 0 Å². The zero-order valence-electron chi connectivity index (χ0n) is 8.14. The number of morpholine rings is 1. The molecule has 0 N–H and O–H groups in total. The van der Waals surface area contributed by atoms with Gasteiger partial charge in [-0.25, -0.2) is 0 Å². The van der Waals surface area contributed by atoms with Gasteiger partial charge in [0.05, 0.1) is 12.6 Å². The van der Waals surface area contributed by atoms with Gasteiger partial charge in [0.1, 0.15) is 6.61 Å². The molecule has 74 valence electrons. The van der Waals surface area contributed by atoms with Crippen LogP contribution in [0.3, 0.4) is 0 Å². The predicted octanol–water partition coefficient (Wildman–Crippen LogP) is 1.44. The summed E-state index contributed by atoms with van der Waals surface area (Å²) in [6.45, 7) is 2.81.